The van der Waals surface area contributed by atoms with Crippen LogP contribution in [-0.4, -0.2) is 17.6 Å². The monoisotopic (exact) mass is 237 g/mol. The first-order valence-corrected chi connectivity index (χ1v) is 5.82. The Balaban J connectivity index is 2.14. The van der Waals surface area contributed by atoms with E-state index in [2.05, 4.69) is 5.32 Å². The fraction of sp³-hybridized carbons (Fsp3) is 0.273. The van der Waals surface area contributed by atoms with Crippen LogP contribution in [0.2, 0.25) is 0 Å². The van der Waals surface area contributed by atoms with Gasteiger partial charge in [-0.2, -0.15) is 0 Å². The van der Waals surface area contributed by atoms with Gasteiger partial charge in [-0.15, -0.1) is 11.8 Å². The summed E-state index contributed by atoms with van der Waals surface area (Å²) in [6.07, 6.45) is 0. The molecule has 5 heteroatoms. The second kappa shape index (κ2) is 4.57. The SMILES string of the molecule is CC(=O)OCc1ccc2c(c1)NC(=O)CS2. The average Bonchev–Trinajstić information content (AvgIpc) is 2.25. The average molecular weight is 237 g/mol. The molecule has 0 aliphatic carbocycles. The highest BCUT2D eigenvalue weighted by Crippen LogP contribution is 2.32. The number of thioether (sulfide) groups is 1. The first-order valence-electron chi connectivity index (χ1n) is 4.84. The summed E-state index contributed by atoms with van der Waals surface area (Å²) in [7, 11) is 0. The Bertz CT molecular complexity index is 445. The van der Waals surface area contributed by atoms with Crippen LogP contribution in [0.5, 0.6) is 0 Å². The van der Waals surface area contributed by atoms with Crippen LogP contribution in [-0.2, 0) is 20.9 Å². The van der Waals surface area contributed by atoms with Crippen molar-refractivity contribution < 1.29 is 14.3 Å². The molecule has 0 radical (unpaired) electrons. The highest BCUT2D eigenvalue weighted by Gasteiger charge is 2.15. The molecule has 0 saturated heterocycles. The van der Waals surface area contributed by atoms with Gasteiger partial charge in [0.2, 0.25) is 5.91 Å². The highest BCUT2D eigenvalue weighted by atomic mass is 32.2. The second-order valence-corrected chi connectivity index (χ2v) is 4.46. The molecular formula is C11H11NO3S. The zero-order chi connectivity index (χ0) is 11.5. The lowest BCUT2D eigenvalue weighted by molar-refractivity contribution is -0.142. The number of benzene rings is 1. The second-order valence-electron chi connectivity index (χ2n) is 3.45. The first kappa shape index (κ1) is 11.0. The lowest BCUT2D eigenvalue weighted by Gasteiger charge is -2.16. The van der Waals surface area contributed by atoms with Crippen molar-refractivity contribution in [2.45, 2.75) is 18.4 Å². The predicted octanol–water partition coefficient (Wildman–Crippen LogP) is 1.79. The molecule has 0 bridgehead atoms. The van der Waals surface area contributed by atoms with Crippen molar-refractivity contribution in [3.8, 4) is 0 Å². The molecule has 1 heterocycles. The Morgan fingerprint density at radius 1 is 1.56 bits per heavy atom. The maximum absolute atomic E-state index is 11.2. The molecule has 2 rings (SSSR count). The molecule has 1 aromatic rings. The van der Waals surface area contributed by atoms with Gasteiger partial charge in [0.1, 0.15) is 6.61 Å². The van der Waals surface area contributed by atoms with Crippen LogP contribution in [0.3, 0.4) is 0 Å². The van der Waals surface area contributed by atoms with Crippen molar-refractivity contribution in [2.24, 2.45) is 0 Å². The van der Waals surface area contributed by atoms with Crippen LogP contribution >= 0.6 is 11.8 Å². The number of amides is 1. The number of rotatable bonds is 2. The van der Waals surface area contributed by atoms with E-state index in [0.29, 0.717) is 5.75 Å². The molecule has 1 amide bonds. The van der Waals surface area contributed by atoms with Gasteiger partial charge in [-0.3, -0.25) is 9.59 Å². The molecule has 0 aromatic heterocycles. The zero-order valence-corrected chi connectivity index (χ0v) is 9.60. The number of hydrogen-bond donors (Lipinski definition) is 1. The zero-order valence-electron chi connectivity index (χ0n) is 8.78. The van der Waals surface area contributed by atoms with Gasteiger partial charge in [0, 0.05) is 11.8 Å². The van der Waals surface area contributed by atoms with E-state index in [-0.39, 0.29) is 18.5 Å². The van der Waals surface area contributed by atoms with Gasteiger partial charge < -0.3 is 10.1 Å². The van der Waals surface area contributed by atoms with Crippen LogP contribution in [0.1, 0.15) is 12.5 Å². The topological polar surface area (TPSA) is 55.4 Å². The van der Waals surface area contributed by atoms with Crippen molar-refractivity contribution in [1.29, 1.82) is 0 Å². The summed E-state index contributed by atoms with van der Waals surface area (Å²) >= 11 is 1.51. The van der Waals surface area contributed by atoms with Gasteiger partial charge >= 0.3 is 5.97 Å². The summed E-state index contributed by atoms with van der Waals surface area (Å²) in [6, 6.07) is 5.66. The van der Waals surface area contributed by atoms with E-state index in [9.17, 15) is 9.59 Å². The van der Waals surface area contributed by atoms with Crippen molar-refractivity contribution in [3.05, 3.63) is 23.8 Å². The van der Waals surface area contributed by atoms with Crippen LogP contribution in [0.4, 0.5) is 5.69 Å². The summed E-state index contributed by atoms with van der Waals surface area (Å²) in [5, 5.41) is 2.79. The largest absolute Gasteiger partial charge is 0.461 e. The summed E-state index contributed by atoms with van der Waals surface area (Å²) in [5.41, 5.74) is 1.67. The van der Waals surface area contributed by atoms with E-state index < -0.39 is 0 Å². The van der Waals surface area contributed by atoms with Gasteiger partial charge in [-0.05, 0) is 17.7 Å². The molecule has 0 saturated carbocycles. The van der Waals surface area contributed by atoms with E-state index in [1.165, 1.54) is 18.7 Å². The maximum atomic E-state index is 11.2. The van der Waals surface area contributed by atoms with E-state index in [4.69, 9.17) is 4.74 Å². The molecule has 84 valence electrons. The molecule has 0 unspecified atom stereocenters. The molecule has 0 spiro atoms. The first-order chi connectivity index (χ1) is 7.65. The number of nitrogens with one attached hydrogen (secondary N) is 1. The highest BCUT2D eigenvalue weighted by molar-refractivity contribution is 8.00. The number of carbonyl (C=O) groups excluding carboxylic acids is 2. The Hall–Kier alpha value is -1.49. The minimum absolute atomic E-state index is 0.00198. The quantitative estimate of drug-likeness (QED) is 0.797. The number of hydrogen-bond acceptors (Lipinski definition) is 4. The molecule has 0 fully saturated rings. The third-order valence-corrected chi connectivity index (χ3v) is 3.19. The Labute approximate surface area is 97.4 Å². The fourth-order valence-electron chi connectivity index (χ4n) is 1.41. The van der Waals surface area contributed by atoms with Crippen LogP contribution < -0.4 is 5.32 Å². The molecule has 1 N–H and O–H groups in total. The standard InChI is InChI=1S/C11H11NO3S/c1-7(13)15-5-8-2-3-10-9(4-8)12-11(14)6-16-10/h2-4H,5-6H2,1H3,(H,12,14). The number of carbonyl (C=O) groups is 2. The van der Waals surface area contributed by atoms with Crippen LogP contribution in [0, 0.1) is 0 Å². The van der Waals surface area contributed by atoms with Gasteiger partial charge in [0.05, 0.1) is 11.4 Å². The summed E-state index contributed by atoms with van der Waals surface area (Å²) < 4.78 is 4.89. The smallest absolute Gasteiger partial charge is 0.302 e. The van der Waals surface area contributed by atoms with Gasteiger partial charge in [-0.25, -0.2) is 0 Å². The van der Waals surface area contributed by atoms with Crippen molar-refractivity contribution >= 4 is 29.3 Å². The minimum Gasteiger partial charge on any atom is -0.461 e. The third kappa shape index (κ3) is 2.55. The lowest BCUT2D eigenvalue weighted by atomic mass is 10.2. The van der Waals surface area contributed by atoms with Gasteiger partial charge in [0.25, 0.3) is 0 Å². The van der Waals surface area contributed by atoms with Gasteiger partial charge in [0.15, 0.2) is 0 Å². The Morgan fingerprint density at radius 2 is 2.38 bits per heavy atom. The molecule has 4 nitrogen and oxygen atoms in total. The van der Waals surface area contributed by atoms with Gasteiger partial charge in [-0.1, -0.05) is 6.07 Å². The molecule has 1 aliphatic heterocycles. The summed E-state index contributed by atoms with van der Waals surface area (Å²) in [5.74, 6) is 0.147. The predicted molar refractivity (Wildman–Crippen MR) is 61.3 cm³/mol. The number of ether oxygens (including phenoxy) is 1. The van der Waals surface area contributed by atoms with Crippen LogP contribution in [0.25, 0.3) is 0 Å². The molecule has 16 heavy (non-hydrogen) atoms. The Morgan fingerprint density at radius 3 is 3.12 bits per heavy atom. The number of esters is 1. The van der Waals surface area contributed by atoms with Crippen LogP contribution in [0.15, 0.2) is 23.1 Å². The number of fused-ring (bicyclic) bond motifs is 1. The molecule has 1 aliphatic rings. The lowest BCUT2D eigenvalue weighted by Crippen LogP contribution is -2.18. The van der Waals surface area contributed by atoms with Crippen molar-refractivity contribution in [3.63, 3.8) is 0 Å². The van der Waals surface area contributed by atoms with E-state index in [1.54, 1.807) is 0 Å². The Kier molecular flexibility index (Phi) is 3.14. The minimum atomic E-state index is -0.309. The molecule has 0 atom stereocenters. The summed E-state index contributed by atoms with van der Waals surface area (Å²) in [4.78, 5) is 22.9. The maximum Gasteiger partial charge on any atom is 0.302 e. The van der Waals surface area contributed by atoms with E-state index in [1.807, 2.05) is 18.2 Å². The third-order valence-electron chi connectivity index (χ3n) is 2.12. The normalized spacial score (nSPS) is 13.9. The van der Waals surface area contributed by atoms with E-state index >= 15 is 0 Å². The van der Waals surface area contributed by atoms with Crippen molar-refractivity contribution in [2.75, 3.05) is 11.1 Å². The fourth-order valence-corrected chi connectivity index (χ4v) is 2.19. The van der Waals surface area contributed by atoms with E-state index in [0.717, 1.165) is 16.1 Å². The molecular weight excluding hydrogens is 226 g/mol. The van der Waals surface area contributed by atoms with Crippen molar-refractivity contribution in [1.82, 2.24) is 0 Å². The molecule has 1 aromatic carbocycles. The number of anilines is 1. The summed E-state index contributed by atoms with van der Waals surface area (Å²) in [6.45, 7) is 1.61.